The highest BCUT2D eigenvalue weighted by molar-refractivity contribution is 6.24. The molecule has 4 atom stereocenters. The van der Waals surface area contributed by atoms with E-state index in [-0.39, 0.29) is 29.5 Å². The number of hydrogen-bond donors (Lipinski definition) is 5. The first kappa shape index (κ1) is 29.9. The van der Waals surface area contributed by atoms with Gasteiger partial charge in [-0.15, -0.1) is 0 Å². The SMILES string of the molecule is CN(C)[C@H]1C(=O)C(C(N)=O)=C(O)[C@]2(O)C(=O)C3=C(O)c4c(O)ccc(/C=C/c5c(F)c(F)c(F)c(F)c5F)c4C[C@@H]3C[C@H]12. The Balaban J connectivity index is 1.68. The topological polar surface area (TPSA) is 161 Å². The number of benzene rings is 2. The van der Waals surface area contributed by atoms with E-state index in [0.29, 0.717) is 6.08 Å². The number of halogens is 5. The molecule has 0 aromatic heterocycles. The zero-order valence-electron chi connectivity index (χ0n) is 22.4. The van der Waals surface area contributed by atoms with Gasteiger partial charge in [-0.3, -0.25) is 19.3 Å². The predicted octanol–water partition coefficient (Wildman–Crippen LogP) is 2.83. The summed E-state index contributed by atoms with van der Waals surface area (Å²) in [6, 6.07) is 0.981. The van der Waals surface area contributed by atoms with Gasteiger partial charge in [-0.1, -0.05) is 12.1 Å². The Morgan fingerprint density at radius 2 is 1.56 bits per heavy atom. The maximum atomic E-state index is 14.3. The lowest BCUT2D eigenvalue weighted by molar-refractivity contribution is -0.153. The number of fused-ring (bicyclic) bond motifs is 3. The number of rotatable bonds is 4. The van der Waals surface area contributed by atoms with Crippen molar-refractivity contribution >= 4 is 35.4 Å². The maximum absolute atomic E-state index is 14.3. The van der Waals surface area contributed by atoms with Gasteiger partial charge in [0.15, 0.2) is 34.7 Å². The third-order valence-electron chi connectivity index (χ3n) is 8.31. The largest absolute Gasteiger partial charge is 0.508 e. The summed E-state index contributed by atoms with van der Waals surface area (Å²) in [4.78, 5) is 40.4. The zero-order chi connectivity index (χ0) is 31.9. The molecule has 0 heterocycles. The predicted molar refractivity (Wildman–Crippen MR) is 139 cm³/mol. The zero-order valence-corrected chi connectivity index (χ0v) is 22.4. The van der Waals surface area contributed by atoms with Crippen LogP contribution in [-0.2, 0) is 20.8 Å². The van der Waals surface area contributed by atoms with Gasteiger partial charge in [-0.05, 0) is 56.1 Å². The average molecular weight is 606 g/mol. The van der Waals surface area contributed by atoms with Crippen molar-refractivity contribution in [3.8, 4) is 5.75 Å². The standard InChI is InChI=1S/C29H23F5N2O7/c1-36(2)23-13-8-10-7-12-9(3-5-11-18(30)20(32)22(34)21(33)19(11)31)4-6-14(37)16(12)24(38)15(10)26(40)29(13,43)27(41)17(25(23)39)28(35)42/h3-6,10,13,23,37-38,41,43H,7-8H2,1-2H3,(H2,35,42)/b5-3+/t10-,13-,23-,29-/m1/s1. The van der Waals surface area contributed by atoms with Gasteiger partial charge < -0.3 is 26.2 Å². The number of aliphatic hydroxyl groups is 3. The second kappa shape index (κ2) is 10.0. The van der Waals surface area contributed by atoms with E-state index in [1.54, 1.807) is 0 Å². The van der Waals surface area contributed by atoms with Crippen LogP contribution in [0.25, 0.3) is 17.9 Å². The summed E-state index contributed by atoms with van der Waals surface area (Å²) in [6.07, 6.45) is 1.23. The summed E-state index contributed by atoms with van der Waals surface area (Å²) in [6.45, 7) is 0. The third kappa shape index (κ3) is 4.07. The fourth-order valence-corrected chi connectivity index (χ4v) is 6.37. The van der Waals surface area contributed by atoms with Crippen molar-refractivity contribution in [2.45, 2.75) is 24.5 Å². The van der Waals surface area contributed by atoms with Crippen LogP contribution >= 0.6 is 0 Å². The monoisotopic (exact) mass is 606 g/mol. The van der Waals surface area contributed by atoms with Gasteiger partial charge in [-0.25, -0.2) is 22.0 Å². The molecule has 5 rings (SSSR count). The summed E-state index contributed by atoms with van der Waals surface area (Å²) in [5, 5.41) is 44.3. The first-order chi connectivity index (χ1) is 20.0. The van der Waals surface area contributed by atoms with Gasteiger partial charge >= 0.3 is 0 Å². The summed E-state index contributed by atoms with van der Waals surface area (Å²) in [5.41, 5.74) is -0.337. The van der Waals surface area contributed by atoms with E-state index >= 15 is 0 Å². The molecule has 1 saturated carbocycles. The van der Waals surface area contributed by atoms with Crippen LogP contribution in [0.1, 0.15) is 28.7 Å². The Morgan fingerprint density at radius 3 is 2.12 bits per heavy atom. The van der Waals surface area contributed by atoms with Crippen LogP contribution in [-0.4, -0.2) is 68.5 Å². The van der Waals surface area contributed by atoms with Crippen molar-refractivity contribution in [2.24, 2.45) is 17.6 Å². The van der Waals surface area contributed by atoms with E-state index in [2.05, 4.69) is 0 Å². The molecule has 0 spiro atoms. The normalized spacial score (nSPS) is 25.4. The van der Waals surface area contributed by atoms with Crippen molar-refractivity contribution in [1.82, 2.24) is 4.90 Å². The average Bonchev–Trinajstić information content (AvgIpc) is 2.93. The Kier molecular flexibility index (Phi) is 6.97. The van der Waals surface area contributed by atoms with Crippen molar-refractivity contribution in [1.29, 1.82) is 0 Å². The fraction of sp³-hybridized carbons (Fsp3) is 0.276. The Bertz CT molecular complexity index is 1720. The molecule has 2 aromatic carbocycles. The minimum Gasteiger partial charge on any atom is -0.508 e. The number of hydrogen-bond acceptors (Lipinski definition) is 8. The van der Waals surface area contributed by atoms with E-state index in [1.807, 2.05) is 0 Å². The van der Waals surface area contributed by atoms with Gasteiger partial charge in [0.05, 0.1) is 17.2 Å². The van der Waals surface area contributed by atoms with Crippen molar-refractivity contribution in [2.75, 3.05) is 14.1 Å². The molecule has 0 unspecified atom stereocenters. The van der Waals surface area contributed by atoms with E-state index in [9.17, 15) is 56.8 Å². The number of nitrogens with zero attached hydrogens (tertiary/aromatic N) is 1. The van der Waals surface area contributed by atoms with Crippen LogP contribution in [0.4, 0.5) is 22.0 Å². The lowest BCUT2D eigenvalue weighted by atomic mass is 9.57. The van der Waals surface area contributed by atoms with Crippen LogP contribution < -0.4 is 5.73 Å². The number of ketones is 2. The van der Waals surface area contributed by atoms with Crippen LogP contribution in [0, 0.1) is 40.9 Å². The van der Waals surface area contributed by atoms with Crippen LogP contribution in [0.5, 0.6) is 5.75 Å². The minimum atomic E-state index is -2.84. The molecular weight excluding hydrogens is 583 g/mol. The number of phenols is 1. The Morgan fingerprint density at radius 1 is 0.977 bits per heavy atom. The molecule has 3 aliphatic rings. The van der Waals surface area contributed by atoms with Crippen LogP contribution in [0.3, 0.4) is 0 Å². The number of Topliss-reactive ketones (excluding diaryl/α,β-unsaturated/α-hetero) is 2. The molecule has 1 fully saturated rings. The summed E-state index contributed by atoms with van der Waals surface area (Å²) >= 11 is 0. The van der Waals surface area contributed by atoms with Gasteiger partial charge in [-0.2, -0.15) is 0 Å². The molecule has 0 bridgehead atoms. The lowest BCUT2D eigenvalue weighted by Gasteiger charge is -2.50. The van der Waals surface area contributed by atoms with Crippen molar-refractivity contribution < 1.29 is 56.8 Å². The number of amides is 1. The summed E-state index contributed by atoms with van der Waals surface area (Å²) < 4.78 is 69.4. The first-order valence-electron chi connectivity index (χ1n) is 12.7. The highest BCUT2D eigenvalue weighted by Gasteiger charge is 2.64. The maximum Gasteiger partial charge on any atom is 0.255 e. The number of likely N-dealkylation sites (N-methyl/N-ethyl adjacent to an activating group) is 1. The molecule has 2 aromatic rings. The molecule has 0 saturated heterocycles. The van der Waals surface area contributed by atoms with Gasteiger partial charge in [0.25, 0.3) is 5.91 Å². The highest BCUT2D eigenvalue weighted by Crippen LogP contribution is 2.53. The minimum absolute atomic E-state index is 0.0678. The molecule has 0 aliphatic heterocycles. The van der Waals surface area contributed by atoms with Gasteiger partial charge in [0.2, 0.25) is 11.6 Å². The molecule has 9 nitrogen and oxygen atoms in total. The van der Waals surface area contributed by atoms with Crippen LogP contribution in [0.2, 0.25) is 0 Å². The van der Waals surface area contributed by atoms with Gasteiger partial charge in [0, 0.05) is 11.5 Å². The van der Waals surface area contributed by atoms with Crippen molar-refractivity contribution in [3.05, 3.63) is 80.4 Å². The number of phenolic OH excluding ortho intramolecular Hbond substituents is 1. The summed E-state index contributed by atoms with van der Waals surface area (Å²) in [5.74, 6) is -19.3. The number of nitrogens with two attached hydrogens (primary N) is 1. The highest BCUT2D eigenvalue weighted by atomic mass is 19.2. The van der Waals surface area contributed by atoms with E-state index in [0.717, 1.165) is 12.1 Å². The molecule has 226 valence electrons. The van der Waals surface area contributed by atoms with E-state index < -0.39 is 104 Å². The number of primary amides is 1. The fourth-order valence-electron chi connectivity index (χ4n) is 6.37. The molecule has 14 heteroatoms. The Labute approximate surface area is 239 Å². The first-order valence-corrected chi connectivity index (χ1v) is 12.7. The lowest BCUT2D eigenvalue weighted by Crippen LogP contribution is -2.65. The molecule has 6 N–H and O–H groups in total. The number of aliphatic hydroxyl groups excluding tert-OH is 2. The van der Waals surface area contributed by atoms with Crippen molar-refractivity contribution in [3.63, 3.8) is 0 Å². The molecular formula is C29H23F5N2O7. The summed E-state index contributed by atoms with van der Waals surface area (Å²) in [7, 11) is 2.88. The molecule has 0 radical (unpaired) electrons. The number of carbonyl (C=O) groups excluding carboxylic acids is 3. The second-order valence-corrected chi connectivity index (χ2v) is 10.8. The molecule has 3 aliphatic carbocycles. The Hall–Kier alpha value is -4.56. The van der Waals surface area contributed by atoms with Crippen LogP contribution in [0.15, 0.2) is 29.0 Å². The molecule has 43 heavy (non-hydrogen) atoms. The smallest absolute Gasteiger partial charge is 0.255 e. The van der Waals surface area contributed by atoms with Gasteiger partial charge in [0.1, 0.15) is 22.8 Å². The van der Waals surface area contributed by atoms with E-state index in [4.69, 9.17) is 5.73 Å². The second-order valence-electron chi connectivity index (χ2n) is 10.8. The quantitative estimate of drug-likeness (QED) is 0.117. The number of carbonyl (C=O) groups is 3. The van der Waals surface area contributed by atoms with E-state index in [1.165, 1.54) is 25.1 Å². The third-order valence-corrected chi connectivity index (χ3v) is 8.31. The number of aromatic hydroxyl groups is 1. The molecule has 1 amide bonds.